The Morgan fingerprint density at radius 1 is 1.40 bits per heavy atom. The van der Waals surface area contributed by atoms with Crippen LogP contribution in [-0.4, -0.2) is 42.2 Å². The van der Waals surface area contributed by atoms with Gasteiger partial charge in [-0.2, -0.15) is 0 Å². The van der Waals surface area contributed by atoms with Crippen LogP contribution in [0.1, 0.15) is 43.5 Å². The molecule has 1 rings (SSSR count). The van der Waals surface area contributed by atoms with E-state index in [2.05, 4.69) is 25.8 Å². The van der Waals surface area contributed by atoms with Gasteiger partial charge < -0.3 is 14.7 Å². The first-order valence-electron chi connectivity index (χ1n) is 7.21. The van der Waals surface area contributed by atoms with E-state index in [1.54, 1.807) is 24.3 Å². The molecule has 0 aliphatic carbocycles. The van der Waals surface area contributed by atoms with Gasteiger partial charge in [0.05, 0.1) is 6.61 Å². The number of benzene rings is 1. The van der Waals surface area contributed by atoms with E-state index >= 15 is 0 Å². The van der Waals surface area contributed by atoms with Crippen molar-refractivity contribution in [2.24, 2.45) is 0 Å². The van der Waals surface area contributed by atoms with Crippen LogP contribution in [0.4, 0.5) is 0 Å². The maximum absolute atomic E-state index is 11.0. The van der Waals surface area contributed by atoms with Crippen molar-refractivity contribution in [2.75, 3.05) is 20.2 Å². The Balaban J connectivity index is 2.36. The molecule has 112 valence electrons. The second kappa shape index (κ2) is 8.59. The van der Waals surface area contributed by atoms with Gasteiger partial charge in [-0.1, -0.05) is 25.5 Å². The molecule has 0 bridgehead atoms. The number of rotatable bonds is 9. The molecule has 4 heteroatoms. The molecule has 0 saturated heterocycles. The normalized spacial score (nSPS) is 12.4. The molecule has 0 radical (unpaired) electrons. The van der Waals surface area contributed by atoms with Crippen LogP contribution in [0.15, 0.2) is 24.3 Å². The molecule has 1 atom stereocenters. The molecule has 0 spiro atoms. The number of ether oxygens (including phenoxy) is 1. The van der Waals surface area contributed by atoms with Gasteiger partial charge in [0.2, 0.25) is 0 Å². The van der Waals surface area contributed by atoms with E-state index in [0.717, 1.165) is 13.0 Å². The molecule has 1 N–H and O–H groups in total. The second-order valence-electron chi connectivity index (χ2n) is 5.12. The van der Waals surface area contributed by atoms with Crippen molar-refractivity contribution < 1.29 is 14.6 Å². The van der Waals surface area contributed by atoms with E-state index in [4.69, 9.17) is 9.84 Å². The molecule has 4 nitrogen and oxygen atoms in total. The molecule has 0 heterocycles. The van der Waals surface area contributed by atoms with Gasteiger partial charge in [0, 0.05) is 12.6 Å². The molecule has 1 unspecified atom stereocenters. The van der Waals surface area contributed by atoms with Crippen LogP contribution in [0.5, 0.6) is 5.75 Å². The Bertz CT molecular complexity index is 420. The Morgan fingerprint density at radius 3 is 2.75 bits per heavy atom. The lowest BCUT2D eigenvalue weighted by atomic mass is 10.1. The molecule has 1 aromatic rings. The maximum Gasteiger partial charge on any atom is 0.339 e. The van der Waals surface area contributed by atoms with E-state index in [1.807, 2.05) is 0 Å². The molecular weight excluding hydrogens is 254 g/mol. The van der Waals surface area contributed by atoms with Gasteiger partial charge in [0.25, 0.3) is 0 Å². The number of carboxylic acids is 1. The lowest BCUT2D eigenvalue weighted by Gasteiger charge is -2.24. The largest absolute Gasteiger partial charge is 0.493 e. The summed E-state index contributed by atoms with van der Waals surface area (Å²) < 4.78 is 5.58. The molecule has 0 aliphatic heterocycles. The predicted molar refractivity (Wildman–Crippen MR) is 80.5 cm³/mol. The van der Waals surface area contributed by atoms with Crippen LogP contribution in [0.25, 0.3) is 0 Å². The fourth-order valence-corrected chi connectivity index (χ4v) is 2.12. The third kappa shape index (κ3) is 5.21. The van der Waals surface area contributed by atoms with E-state index in [9.17, 15) is 4.79 Å². The lowest BCUT2D eigenvalue weighted by Crippen LogP contribution is -2.30. The lowest BCUT2D eigenvalue weighted by molar-refractivity contribution is 0.0692. The molecule has 0 amide bonds. The monoisotopic (exact) mass is 279 g/mol. The van der Waals surface area contributed by atoms with Gasteiger partial charge in [0.1, 0.15) is 11.3 Å². The first-order valence-corrected chi connectivity index (χ1v) is 7.21. The zero-order chi connectivity index (χ0) is 15.0. The van der Waals surface area contributed by atoms with Gasteiger partial charge in [-0.25, -0.2) is 4.79 Å². The zero-order valence-electron chi connectivity index (χ0n) is 12.6. The Morgan fingerprint density at radius 2 is 2.10 bits per heavy atom. The summed E-state index contributed by atoms with van der Waals surface area (Å²) in [6.07, 6.45) is 3.27. The third-order valence-corrected chi connectivity index (χ3v) is 3.49. The fourth-order valence-electron chi connectivity index (χ4n) is 2.12. The minimum absolute atomic E-state index is 0.222. The maximum atomic E-state index is 11.0. The van der Waals surface area contributed by atoms with Gasteiger partial charge in [0.15, 0.2) is 0 Å². The summed E-state index contributed by atoms with van der Waals surface area (Å²) in [7, 11) is 2.12. The zero-order valence-corrected chi connectivity index (χ0v) is 12.6. The number of aromatic carboxylic acids is 1. The summed E-state index contributed by atoms with van der Waals surface area (Å²) in [5.74, 6) is -0.501. The number of carboxylic acid groups (broad SMARTS) is 1. The quantitative estimate of drug-likeness (QED) is 0.705. The first-order chi connectivity index (χ1) is 9.56. The fraction of sp³-hybridized carbons (Fsp3) is 0.562. The molecule has 0 aliphatic rings. The van der Waals surface area contributed by atoms with Crippen LogP contribution >= 0.6 is 0 Å². The van der Waals surface area contributed by atoms with E-state index in [0.29, 0.717) is 18.4 Å². The van der Waals surface area contributed by atoms with Crippen LogP contribution in [0, 0.1) is 0 Å². The van der Waals surface area contributed by atoms with Crippen molar-refractivity contribution in [3.05, 3.63) is 29.8 Å². The van der Waals surface area contributed by atoms with Gasteiger partial charge in [-0.15, -0.1) is 0 Å². The highest BCUT2D eigenvalue weighted by Gasteiger charge is 2.10. The van der Waals surface area contributed by atoms with Gasteiger partial charge in [-0.3, -0.25) is 0 Å². The number of para-hydroxylation sites is 1. The van der Waals surface area contributed by atoms with Crippen molar-refractivity contribution >= 4 is 5.97 Å². The SMILES string of the molecule is CCCC(C)N(C)CCCOc1ccccc1C(=O)O. The summed E-state index contributed by atoms with van der Waals surface area (Å²) in [5.41, 5.74) is 0.222. The number of hydrogen-bond donors (Lipinski definition) is 1. The Labute approximate surface area is 121 Å². The minimum Gasteiger partial charge on any atom is -0.493 e. The number of hydrogen-bond acceptors (Lipinski definition) is 3. The molecular formula is C16H25NO3. The Hall–Kier alpha value is -1.55. The third-order valence-electron chi connectivity index (χ3n) is 3.49. The highest BCUT2D eigenvalue weighted by Crippen LogP contribution is 2.18. The highest BCUT2D eigenvalue weighted by atomic mass is 16.5. The van der Waals surface area contributed by atoms with Crippen molar-refractivity contribution in [1.29, 1.82) is 0 Å². The second-order valence-corrected chi connectivity index (χ2v) is 5.12. The minimum atomic E-state index is -0.950. The molecule has 0 aromatic heterocycles. The van der Waals surface area contributed by atoms with Crippen LogP contribution in [0.3, 0.4) is 0 Å². The van der Waals surface area contributed by atoms with Crippen LogP contribution < -0.4 is 4.74 Å². The summed E-state index contributed by atoms with van der Waals surface area (Å²) in [6.45, 7) is 5.91. The van der Waals surface area contributed by atoms with Gasteiger partial charge >= 0.3 is 5.97 Å². The summed E-state index contributed by atoms with van der Waals surface area (Å²) in [6, 6.07) is 7.33. The van der Waals surface area contributed by atoms with E-state index < -0.39 is 5.97 Å². The van der Waals surface area contributed by atoms with Crippen molar-refractivity contribution in [3.8, 4) is 5.75 Å². The van der Waals surface area contributed by atoms with Gasteiger partial charge in [-0.05, 0) is 38.9 Å². The molecule has 20 heavy (non-hydrogen) atoms. The van der Waals surface area contributed by atoms with Crippen molar-refractivity contribution in [3.63, 3.8) is 0 Å². The first kappa shape index (κ1) is 16.5. The molecule has 0 saturated carbocycles. The standard InChI is InChI=1S/C16H25NO3/c1-4-8-13(2)17(3)11-7-12-20-15-10-6-5-9-14(15)16(18)19/h5-6,9-10,13H,4,7-8,11-12H2,1-3H3,(H,18,19). The van der Waals surface area contributed by atoms with E-state index in [1.165, 1.54) is 12.8 Å². The highest BCUT2D eigenvalue weighted by molar-refractivity contribution is 5.90. The number of nitrogens with zero attached hydrogens (tertiary/aromatic N) is 1. The van der Waals surface area contributed by atoms with Crippen LogP contribution in [0.2, 0.25) is 0 Å². The predicted octanol–water partition coefficient (Wildman–Crippen LogP) is 3.27. The van der Waals surface area contributed by atoms with E-state index in [-0.39, 0.29) is 5.56 Å². The molecule has 1 aromatic carbocycles. The van der Waals surface area contributed by atoms with Crippen LogP contribution in [-0.2, 0) is 0 Å². The van der Waals surface area contributed by atoms with Crippen molar-refractivity contribution in [2.45, 2.75) is 39.2 Å². The average Bonchev–Trinajstić information content (AvgIpc) is 2.43. The number of carbonyl (C=O) groups is 1. The Kier molecular flexibility index (Phi) is 7.09. The summed E-state index contributed by atoms with van der Waals surface area (Å²) >= 11 is 0. The average molecular weight is 279 g/mol. The molecule has 0 fully saturated rings. The van der Waals surface area contributed by atoms with Crippen molar-refractivity contribution in [1.82, 2.24) is 4.90 Å². The summed E-state index contributed by atoms with van der Waals surface area (Å²) in [5, 5.41) is 9.05. The summed E-state index contributed by atoms with van der Waals surface area (Å²) in [4.78, 5) is 13.4. The smallest absolute Gasteiger partial charge is 0.339 e. The topological polar surface area (TPSA) is 49.8 Å².